The van der Waals surface area contributed by atoms with Gasteiger partial charge < -0.3 is 5.32 Å². The second-order valence-corrected chi connectivity index (χ2v) is 4.40. The molecule has 0 bridgehead atoms. The number of halogens is 3. The van der Waals surface area contributed by atoms with Crippen LogP contribution in [0.15, 0.2) is 24.3 Å². The molecule has 2 aromatic rings. The monoisotopic (exact) mass is 293 g/mol. The second kappa shape index (κ2) is 5.78. The number of carbonyl (C=O) groups excluding carboxylic acids is 2. The molecule has 2 rings (SSSR count). The van der Waals surface area contributed by atoms with E-state index in [0.717, 1.165) is 6.07 Å². The standard InChI is InChI=1S/C15H10F3NO2/c1-8-2-3-12(11(16)4-8)19-15-10(7-21)5-9(6-20)13(17)14(15)18/h2-7,19H,1H3. The minimum atomic E-state index is -1.42. The van der Waals surface area contributed by atoms with Gasteiger partial charge in [-0.2, -0.15) is 0 Å². The lowest BCUT2D eigenvalue weighted by molar-refractivity contribution is 0.111. The van der Waals surface area contributed by atoms with Crippen LogP contribution in [-0.4, -0.2) is 12.6 Å². The van der Waals surface area contributed by atoms with E-state index in [0.29, 0.717) is 5.56 Å². The molecule has 3 nitrogen and oxygen atoms in total. The van der Waals surface area contributed by atoms with E-state index in [-0.39, 0.29) is 23.8 Å². The maximum Gasteiger partial charge on any atom is 0.183 e. The quantitative estimate of drug-likeness (QED) is 0.873. The van der Waals surface area contributed by atoms with Gasteiger partial charge in [0, 0.05) is 5.56 Å². The molecule has 0 aromatic heterocycles. The van der Waals surface area contributed by atoms with Crippen molar-refractivity contribution in [3.8, 4) is 0 Å². The molecule has 0 aliphatic heterocycles. The molecule has 21 heavy (non-hydrogen) atoms. The molecule has 2 aromatic carbocycles. The first-order chi connectivity index (χ1) is 9.97. The zero-order valence-electron chi connectivity index (χ0n) is 10.9. The number of aldehydes is 2. The highest BCUT2D eigenvalue weighted by Gasteiger charge is 2.19. The number of hydrogen-bond acceptors (Lipinski definition) is 3. The lowest BCUT2D eigenvalue weighted by atomic mass is 10.1. The Labute approximate surface area is 118 Å². The number of aryl methyl sites for hydroxylation is 1. The number of carbonyl (C=O) groups is 2. The molecule has 0 aliphatic carbocycles. The topological polar surface area (TPSA) is 46.2 Å². The fourth-order valence-corrected chi connectivity index (χ4v) is 1.83. The Bertz CT molecular complexity index is 729. The van der Waals surface area contributed by atoms with E-state index in [1.165, 1.54) is 12.1 Å². The maximum atomic E-state index is 13.9. The number of nitrogens with one attached hydrogen (secondary N) is 1. The number of hydrogen-bond donors (Lipinski definition) is 1. The minimum Gasteiger partial charge on any atom is -0.350 e. The summed E-state index contributed by atoms with van der Waals surface area (Å²) in [4.78, 5) is 21.6. The van der Waals surface area contributed by atoms with Gasteiger partial charge in [-0.25, -0.2) is 13.2 Å². The van der Waals surface area contributed by atoms with Crippen LogP contribution in [0.25, 0.3) is 0 Å². The highest BCUT2D eigenvalue weighted by Crippen LogP contribution is 2.28. The molecule has 0 unspecified atom stereocenters. The SMILES string of the molecule is Cc1ccc(Nc2c(C=O)cc(C=O)c(F)c2F)c(F)c1. The summed E-state index contributed by atoms with van der Waals surface area (Å²) in [5, 5.41) is 2.34. The van der Waals surface area contributed by atoms with E-state index >= 15 is 0 Å². The summed E-state index contributed by atoms with van der Waals surface area (Å²) in [6.07, 6.45) is 0.353. The van der Waals surface area contributed by atoms with E-state index in [1.54, 1.807) is 13.0 Å². The van der Waals surface area contributed by atoms with Gasteiger partial charge in [0.25, 0.3) is 0 Å². The number of rotatable bonds is 4. The predicted molar refractivity (Wildman–Crippen MR) is 71.6 cm³/mol. The van der Waals surface area contributed by atoms with Gasteiger partial charge in [-0.3, -0.25) is 9.59 Å². The minimum absolute atomic E-state index is 0.0989. The summed E-state index contributed by atoms with van der Waals surface area (Å²) in [5.41, 5.74) is -0.839. The van der Waals surface area contributed by atoms with Gasteiger partial charge in [0.1, 0.15) is 5.82 Å². The number of anilines is 2. The summed E-state index contributed by atoms with van der Waals surface area (Å²) >= 11 is 0. The molecule has 0 fully saturated rings. The average molecular weight is 293 g/mol. The summed E-state index contributed by atoms with van der Waals surface area (Å²) in [7, 11) is 0. The van der Waals surface area contributed by atoms with Crippen LogP contribution < -0.4 is 5.32 Å². The molecule has 6 heteroatoms. The highest BCUT2D eigenvalue weighted by molar-refractivity contribution is 5.90. The Hall–Kier alpha value is -2.63. The Balaban J connectivity index is 2.55. The summed E-state index contributed by atoms with van der Waals surface area (Å²) < 4.78 is 41.2. The van der Waals surface area contributed by atoms with Gasteiger partial charge in [0.15, 0.2) is 24.2 Å². The Morgan fingerprint density at radius 1 is 0.952 bits per heavy atom. The van der Waals surface area contributed by atoms with Crippen LogP contribution >= 0.6 is 0 Å². The summed E-state index contributed by atoms with van der Waals surface area (Å²) in [6.45, 7) is 1.67. The van der Waals surface area contributed by atoms with Crippen molar-refractivity contribution in [1.82, 2.24) is 0 Å². The molecular formula is C15H10F3NO2. The predicted octanol–water partition coefficient (Wildman–Crippen LogP) is 3.78. The van der Waals surface area contributed by atoms with E-state index in [9.17, 15) is 22.8 Å². The largest absolute Gasteiger partial charge is 0.350 e. The Morgan fingerprint density at radius 3 is 2.19 bits per heavy atom. The van der Waals surface area contributed by atoms with Gasteiger partial charge >= 0.3 is 0 Å². The van der Waals surface area contributed by atoms with Crippen molar-refractivity contribution < 1.29 is 22.8 Å². The molecule has 0 spiro atoms. The lowest BCUT2D eigenvalue weighted by Crippen LogP contribution is -2.05. The van der Waals surface area contributed by atoms with Crippen LogP contribution in [0.3, 0.4) is 0 Å². The van der Waals surface area contributed by atoms with E-state index < -0.39 is 28.7 Å². The molecule has 108 valence electrons. The molecule has 0 atom stereocenters. The van der Waals surface area contributed by atoms with Crippen LogP contribution in [0.1, 0.15) is 26.3 Å². The van der Waals surface area contributed by atoms with Crippen LogP contribution in [0, 0.1) is 24.4 Å². The second-order valence-electron chi connectivity index (χ2n) is 4.40. The molecule has 1 N–H and O–H groups in total. The summed E-state index contributed by atoms with van der Waals surface area (Å²) in [5.74, 6) is -3.49. The molecule has 0 radical (unpaired) electrons. The zero-order chi connectivity index (χ0) is 15.6. The van der Waals surface area contributed by atoms with Crippen molar-refractivity contribution in [3.05, 3.63) is 58.4 Å². The molecule has 0 amide bonds. The normalized spacial score (nSPS) is 10.3. The fourth-order valence-electron chi connectivity index (χ4n) is 1.83. The Kier molecular flexibility index (Phi) is 4.07. The molecule has 0 aliphatic rings. The van der Waals surface area contributed by atoms with Crippen molar-refractivity contribution in [3.63, 3.8) is 0 Å². The van der Waals surface area contributed by atoms with E-state index in [2.05, 4.69) is 5.32 Å². The first-order valence-electron chi connectivity index (χ1n) is 5.93. The third kappa shape index (κ3) is 2.79. The van der Waals surface area contributed by atoms with Gasteiger partial charge in [-0.05, 0) is 30.7 Å². The molecule has 0 heterocycles. The van der Waals surface area contributed by atoms with Gasteiger partial charge in [-0.15, -0.1) is 0 Å². The molecule has 0 saturated heterocycles. The zero-order valence-corrected chi connectivity index (χ0v) is 10.9. The first kappa shape index (κ1) is 14.8. The van der Waals surface area contributed by atoms with Crippen LogP contribution in [0.5, 0.6) is 0 Å². The Morgan fingerprint density at radius 2 is 1.62 bits per heavy atom. The third-order valence-electron chi connectivity index (χ3n) is 2.90. The van der Waals surface area contributed by atoms with E-state index in [4.69, 9.17) is 0 Å². The lowest BCUT2D eigenvalue weighted by Gasteiger charge is -2.12. The van der Waals surface area contributed by atoms with Gasteiger partial charge in [-0.1, -0.05) is 6.07 Å². The van der Waals surface area contributed by atoms with Gasteiger partial charge in [0.05, 0.1) is 16.9 Å². The smallest absolute Gasteiger partial charge is 0.183 e. The van der Waals surface area contributed by atoms with Crippen molar-refractivity contribution in [1.29, 1.82) is 0 Å². The maximum absolute atomic E-state index is 13.9. The van der Waals surface area contributed by atoms with Crippen LogP contribution in [0.4, 0.5) is 24.5 Å². The molecular weight excluding hydrogens is 283 g/mol. The fraction of sp³-hybridized carbons (Fsp3) is 0.0667. The highest BCUT2D eigenvalue weighted by atomic mass is 19.2. The third-order valence-corrected chi connectivity index (χ3v) is 2.90. The van der Waals surface area contributed by atoms with E-state index in [1.807, 2.05) is 0 Å². The van der Waals surface area contributed by atoms with Gasteiger partial charge in [0.2, 0.25) is 0 Å². The first-order valence-corrected chi connectivity index (χ1v) is 5.93. The van der Waals surface area contributed by atoms with Crippen LogP contribution in [-0.2, 0) is 0 Å². The van der Waals surface area contributed by atoms with Crippen molar-refractivity contribution >= 4 is 23.9 Å². The molecule has 0 saturated carbocycles. The number of benzene rings is 2. The van der Waals surface area contributed by atoms with Crippen molar-refractivity contribution in [2.24, 2.45) is 0 Å². The average Bonchev–Trinajstić information content (AvgIpc) is 2.46. The summed E-state index contributed by atoms with van der Waals surface area (Å²) in [6, 6.07) is 5.01. The van der Waals surface area contributed by atoms with Crippen molar-refractivity contribution in [2.75, 3.05) is 5.32 Å². The van der Waals surface area contributed by atoms with Crippen LogP contribution in [0.2, 0.25) is 0 Å². The van der Waals surface area contributed by atoms with Crippen molar-refractivity contribution in [2.45, 2.75) is 6.92 Å².